The van der Waals surface area contributed by atoms with Crippen LogP contribution in [-0.2, 0) is 6.54 Å². The maximum Gasteiger partial charge on any atom is 0.258 e. The number of rotatable bonds is 3. The van der Waals surface area contributed by atoms with E-state index in [2.05, 4.69) is 11.9 Å². The first-order chi connectivity index (χ1) is 14.0. The first-order valence-electron chi connectivity index (χ1n) is 10.0. The number of amides is 1. The van der Waals surface area contributed by atoms with Crippen LogP contribution in [0.1, 0.15) is 41.5 Å². The molecule has 1 aromatic carbocycles. The molecule has 0 bridgehead atoms. The summed E-state index contributed by atoms with van der Waals surface area (Å²) in [6, 6.07) is 10.1. The number of nitrogen functional groups attached to an aromatic ring is 1. The number of hydrogen-bond donors (Lipinski definition) is 1. The van der Waals surface area contributed by atoms with Crippen molar-refractivity contribution >= 4 is 22.5 Å². The summed E-state index contributed by atoms with van der Waals surface area (Å²) in [5.74, 6) is 1.28. The monoisotopic (exact) mass is 388 g/mol. The molecule has 0 unspecified atom stereocenters. The van der Waals surface area contributed by atoms with Crippen molar-refractivity contribution in [2.75, 3.05) is 12.8 Å². The fraction of sp³-hybridized carbons (Fsp3) is 0.348. The SMILES string of the molecule is COc1ccc(-c2cccc3c(N)c4c(nc23)CN([C@H]2C[C@@H](C)C2)C4=O)c(C)n1. The van der Waals surface area contributed by atoms with Crippen molar-refractivity contribution < 1.29 is 9.53 Å². The van der Waals surface area contributed by atoms with Crippen molar-refractivity contribution in [3.05, 3.63) is 47.3 Å². The number of aryl methyl sites for hydroxylation is 1. The molecule has 29 heavy (non-hydrogen) atoms. The molecule has 5 rings (SSSR count). The molecule has 0 saturated heterocycles. The second-order valence-corrected chi connectivity index (χ2v) is 8.20. The highest BCUT2D eigenvalue weighted by molar-refractivity contribution is 6.11. The van der Waals surface area contributed by atoms with E-state index in [-0.39, 0.29) is 5.91 Å². The van der Waals surface area contributed by atoms with Gasteiger partial charge in [-0.05, 0) is 31.7 Å². The molecule has 3 heterocycles. The highest BCUT2D eigenvalue weighted by atomic mass is 16.5. The number of aromatic nitrogens is 2. The molecule has 1 amide bonds. The van der Waals surface area contributed by atoms with Crippen LogP contribution >= 0.6 is 0 Å². The second kappa shape index (κ2) is 6.44. The summed E-state index contributed by atoms with van der Waals surface area (Å²) in [5, 5.41) is 0.814. The molecule has 6 heteroatoms. The Morgan fingerprint density at radius 3 is 2.62 bits per heavy atom. The van der Waals surface area contributed by atoms with Crippen LogP contribution in [0.2, 0.25) is 0 Å². The molecule has 2 aromatic heterocycles. The van der Waals surface area contributed by atoms with E-state index in [0.29, 0.717) is 35.6 Å². The third kappa shape index (κ3) is 2.66. The fourth-order valence-corrected chi connectivity index (χ4v) is 4.66. The van der Waals surface area contributed by atoms with E-state index in [1.54, 1.807) is 7.11 Å². The minimum atomic E-state index is 0.0245. The number of nitrogens with zero attached hydrogens (tertiary/aromatic N) is 3. The number of para-hydroxylation sites is 1. The van der Waals surface area contributed by atoms with Crippen LogP contribution in [-0.4, -0.2) is 33.9 Å². The summed E-state index contributed by atoms with van der Waals surface area (Å²) < 4.78 is 5.23. The maximum atomic E-state index is 13.1. The number of pyridine rings is 2. The van der Waals surface area contributed by atoms with E-state index < -0.39 is 0 Å². The molecule has 148 valence electrons. The van der Waals surface area contributed by atoms with E-state index >= 15 is 0 Å². The van der Waals surface area contributed by atoms with Gasteiger partial charge in [0.15, 0.2) is 0 Å². The summed E-state index contributed by atoms with van der Waals surface area (Å²) in [5.41, 5.74) is 12.0. The van der Waals surface area contributed by atoms with Crippen molar-refractivity contribution in [3.63, 3.8) is 0 Å². The Bertz CT molecular complexity index is 1150. The molecule has 3 aromatic rings. The molecular formula is C23H24N4O2. The van der Waals surface area contributed by atoms with Crippen LogP contribution in [0.3, 0.4) is 0 Å². The fourth-order valence-electron chi connectivity index (χ4n) is 4.66. The lowest BCUT2D eigenvalue weighted by molar-refractivity contribution is 0.0509. The Kier molecular flexibility index (Phi) is 3.98. The summed E-state index contributed by atoms with van der Waals surface area (Å²) in [4.78, 5) is 24.4. The zero-order valence-corrected chi connectivity index (χ0v) is 16.9. The number of nitrogens with two attached hydrogens (primary N) is 1. The largest absolute Gasteiger partial charge is 0.481 e. The molecule has 0 spiro atoms. The summed E-state index contributed by atoms with van der Waals surface area (Å²) in [6.07, 6.45) is 2.11. The molecule has 6 nitrogen and oxygen atoms in total. The molecule has 1 aliphatic heterocycles. The minimum absolute atomic E-state index is 0.0245. The van der Waals surface area contributed by atoms with Crippen LogP contribution in [0.4, 0.5) is 5.69 Å². The zero-order valence-electron chi connectivity index (χ0n) is 16.9. The lowest BCUT2D eigenvalue weighted by Crippen LogP contribution is -2.44. The highest BCUT2D eigenvalue weighted by Gasteiger charge is 2.40. The molecular weight excluding hydrogens is 364 g/mol. The summed E-state index contributed by atoms with van der Waals surface area (Å²) in [6.45, 7) is 4.72. The predicted octanol–water partition coefficient (Wildman–Crippen LogP) is 3.95. The van der Waals surface area contributed by atoms with Gasteiger partial charge in [-0.2, -0.15) is 0 Å². The first-order valence-corrected chi connectivity index (χ1v) is 10.0. The molecule has 1 saturated carbocycles. The lowest BCUT2D eigenvalue weighted by Gasteiger charge is -2.39. The van der Waals surface area contributed by atoms with Gasteiger partial charge in [-0.3, -0.25) is 4.79 Å². The Balaban J connectivity index is 1.65. The van der Waals surface area contributed by atoms with E-state index in [9.17, 15) is 4.79 Å². The topological polar surface area (TPSA) is 81.3 Å². The van der Waals surface area contributed by atoms with Gasteiger partial charge in [-0.15, -0.1) is 0 Å². The van der Waals surface area contributed by atoms with Gasteiger partial charge in [0.1, 0.15) is 0 Å². The van der Waals surface area contributed by atoms with E-state index in [0.717, 1.165) is 46.3 Å². The highest BCUT2D eigenvalue weighted by Crippen LogP contribution is 2.41. The van der Waals surface area contributed by atoms with Gasteiger partial charge in [-0.25, -0.2) is 9.97 Å². The van der Waals surface area contributed by atoms with Crippen LogP contribution in [0.25, 0.3) is 22.0 Å². The Labute approximate surface area is 169 Å². The van der Waals surface area contributed by atoms with E-state index in [4.69, 9.17) is 15.5 Å². The molecule has 1 aliphatic carbocycles. The Morgan fingerprint density at radius 1 is 1.14 bits per heavy atom. The normalized spacial score (nSPS) is 20.7. The molecule has 2 aliphatic rings. The van der Waals surface area contributed by atoms with Crippen LogP contribution in [0.15, 0.2) is 30.3 Å². The zero-order chi connectivity index (χ0) is 20.3. The van der Waals surface area contributed by atoms with Gasteiger partial charge >= 0.3 is 0 Å². The molecule has 0 radical (unpaired) electrons. The Morgan fingerprint density at radius 2 is 1.93 bits per heavy atom. The number of ether oxygens (including phenoxy) is 1. The second-order valence-electron chi connectivity index (χ2n) is 8.20. The van der Waals surface area contributed by atoms with E-state index in [1.165, 1.54) is 0 Å². The average Bonchev–Trinajstić information content (AvgIpc) is 3.01. The number of carbonyl (C=O) groups is 1. The summed E-state index contributed by atoms with van der Waals surface area (Å²) in [7, 11) is 1.61. The van der Waals surface area contributed by atoms with Crippen LogP contribution in [0, 0.1) is 12.8 Å². The standard InChI is InChI=1S/C23H24N4O2/c1-12-9-14(10-12)27-11-18-20(23(27)28)21(24)17-6-4-5-16(22(17)26-18)15-7-8-19(29-3)25-13(15)2/h4-8,12,14H,9-11H2,1-3H3,(H2,24,26)/t12-,14+. The third-order valence-corrected chi connectivity index (χ3v) is 6.27. The lowest BCUT2D eigenvalue weighted by atomic mass is 9.81. The van der Waals surface area contributed by atoms with Crippen LogP contribution in [0.5, 0.6) is 5.88 Å². The van der Waals surface area contributed by atoms with Gasteiger partial charge in [0.2, 0.25) is 5.88 Å². The Hall–Kier alpha value is -3.15. The predicted molar refractivity (Wildman–Crippen MR) is 113 cm³/mol. The minimum Gasteiger partial charge on any atom is -0.481 e. The quantitative estimate of drug-likeness (QED) is 0.735. The number of fused-ring (bicyclic) bond motifs is 2. The van der Waals surface area contributed by atoms with Gasteiger partial charge in [-0.1, -0.05) is 25.1 Å². The van der Waals surface area contributed by atoms with Gasteiger partial charge in [0.05, 0.1) is 36.1 Å². The molecule has 0 atom stereocenters. The number of benzene rings is 1. The smallest absolute Gasteiger partial charge is 0.258 e. The summed E-state index contributed by atoms with van der Waals surface area (Å²) >= 11 is 0. The first kappa shape index (κ1) is 17.9. The van der Waals surface area contributed by atoms with Crippen molar-refractivity contribution in [2.45, 2.75) is 39.3 Å². The molecule has 1 fully saturated rings. The van der Waals surface area contributed by atoms with Gasteiger partial charge in [0, 0.05) is 34.3 Å². The van der Waals surface area contributed by atoms with Crippen LogP contribution < -0.4 is 10.5 Å². The van der Waals surface area contributed by atoms with Crippen molar-refractivity contribution in [2.24, 2.45) is 5.92 Å². The van der Waals surface area contributed by atoms with Crippen molar-refractivity contribution in [3.8, 4) is 17.0 Å². The van der Waals surface area contributed by atoms with Gasteiger partial charge in [0.25, 0.3) is 5.91 Å². The van der Waals surface area contributed by atoms with Gasteiger partial charge < -0.3 is 15.4 Å². The maximum absolute atomic E-state index is 13.1. The number of methoxy groups -OCH3 is 1. The number of carbonyl (C=O) groups excluding carboxylic acids is 1. The van der Waals surface area contributed by atoms with E-state index in [1.807, 2.05) is 42.2 Å². The third-order valence-electron chi connectivity index (χ3n) is 6.27. The number of anilines is 1. The number of hydrogen-bond acceptors (Lipinski definition) is 5. The van der Waals surface area contributed by atoms with Crippen molar-refractivity contribution in [1.82, 2.24) is 14.9 Å². The molecule has 2 N–H and O–H groups in total. The average molecular weight is 388 g/mol. The van der Waals surface area contributed by atoms with Crippen molar-refractivity contribution in [1.29, 1.82) is 0 Å².